The van der Waals surface area contributed by atoms with Crippen LogP contribution in [0, 0.1) is 5.92 Å². The minimum absolute atomic E-state index is 0.310. The topological polar surface area (TPSA) is 35.6 Å². The van der Waals surface area contributed by atoms with Crippen molar-refractivity contribution in [2.24, 2.45) is 5.92 Å². The normalized spacial score (nSPS) is 28.7. The minimum atomic E-state index is 0.310. The highest BCUT2D eigenvalue weighted by Gasteiger charge is 2.22. The van der Waals surface area contributed by atoms with Gasteiger partial charge < -0.3 is 10.2 Å². The van der Waals surface area contributed by atoms with Crippen molar-refractivity contribution >= 4 is 5.91 Å². The Morgan fingerprint density at radius 3 is 2.84 bits per heavy atom. The number of likely N-dealkylation sites (tertiary alicyclic amines) is 1. The van der Waals surface area contributed by atoms with Crippen molar-refractivity contribution in [2.45, 2.75) is 45.1 Å². The molecule has 4 heteroatoms. The molecule has 2 rings (SSSR count). The van der Waals surface area contributed by atoms with E-state index in [9.17, 15) is 4.79 Å². The maximum atomic E-state index is 12.3. The van der Waals surface area contributed by atoms with Gasteiger partial charge in [0.15, 0.2) is 0 Å². The Kier molecular flexibility index (Phi) is 5.64. The second-order valence-electron chi connectivity index (χ2n) is 6.43. The number of nitrogens with one attached hydrogen (secondary N) is 1. The third kappa shape index (κ3) is 4.77. The molecule has 1 N–H and O–H groups in total. The molecule has 2 aliphatic rings. The van der Waals surface area contributed by atoms with Gasteiger partial charge in [-0.2, -0.15) is 0 Å². The number of amides is 1. The average molecular weight is 267 g/mol. The zero-order valence-corrected chi connectivity index (χ0v) is 12.5. The van der Waals surface area contributed by atoms with Crippen molar-refractivity contribution in [1.82, 2.24) is 15.1 Å². The van der Waals surface area contributed by atoms with Crippen molar-refractivity contribution in [3.8, 4) is 0 Å². The van der Waals surface area contributed by atoms with Gasteiger partial charge in [-0.3, -0.25) is 9.69 Å². The van der Waals surface area contributed by atoms with E-state index in [1.54, 1.807) is 0 Å². The van der Waals surface area contributed by atoms with Gasteiger partial charge in [0, 0.05) is 25.7 Å². The first-order valence-electron chi connectivity index (χ1n) is 7.85. The average Bonchev–Trinajstić information content (AvgIpc) is 2.39. The highest BCUT2D eigenvalue weighted by molar-refractivity contribution is 5.78. The smallest absolute Gasteiger partial charge is 0.236 e. The summed E-state index contributed by atoms with van der Waals surface area (Å²) in [6.07, 6.45) is 6.31. The molecule has 2 fully saturated rings. The van der Waals surface area contributed by atoms with Crippen LogP contribution in [0.15, 0.2) is 0 Å². The van der Waals surface area contributed by atoms with Crippen LogP contribution < -0.4 is 5.32 Å². The van der Waals surface area contributed by atoms with Crippen LogP contribution in [0.4, 0.5) is 0 Å². The lowest BCUT2D eigenvalue weighted by Gasteiger charge is -2.33. The number of piperidine rings is 2. The van der Waals surface area contributed by atoms with Crippen molar-refractivity contribution < 1.29 is 4.79 Å². The maximum Gasteiger partial charge on any atom is 0.236 e. The molecule has 1 amide bonds. The molecule has 0 bridgehead atoms. The van der Waals surface area contributed by atoms with Gasteiger partial charge in [0.1, 0.15) is 0 Å². The molecule has 0 aromatic carbocycles. The molecule has 0 saturated carbocycles. The van der Waals surface area contributed by atoms with E-state index in [0.717, 1.165) is 26.2 Å². The van der Waals surface area contributed by atoms with E-state index in [1.165, 1.54) is 32.1 Å². The number of nitrogens with zero attached hydrogens (tertiary/aromatic N) is 2. The molecule has 4 nitrogen and oxygen atoms in total. The van der Waals surface area contributed by atoms with Crippen LogP contribution in [0.1, 0.15) is 39.0 Å². The molecule has 2 saturated heterocycles. The number of carbonyl (C=O) groups excluding carboxylic acids is 1. The third-order valence-electron chi connectivity index (χ3n) is 4.36. The fraction of sp³-hybridized carbons (Fsp3) is 0.933. The standard InChI is InChI=1S/C15H29N3O/c1-13-6-5-9-18(10-13)15(19)12-17(2)11-14-7-3-4-8-16-14/h13-14,16H,3-12H2,1-2H3. The first-order valence-corrected chi connectivity index (χ1v) is 7.85. The molecule has 0 radical (unpaired) electrons. The molecule has 2 atom stereocenters. The van der Waals surface area contributed by atoms with Crippen molar-refractivity contribution in [3.05, 3.63) is 0 Å². The summed E-state index contributed by atoms with van der Waals surface area (Å²) in [7, 11) is 2.07. The van der Waals surface area contributed by atoms with E-state index in [0.29, 0.717) is 24.4 Å². The SMILES string of the molecule is CC1CCCN(C(=O)CN(C)CC2CCCCN2)C1. The summed E-state index contributed by atoms with van der Waals surface area (Å²) in [4.78, 5) is 16.5. The molecule has 0 spiro atoms. The Balaban J connectivity index is 1.71. The predicted molar refractivity (Wildman–Crippen MR) is 78.1 cm³/mol. The van der Waals surface area contributed by atoms with Crippen LogP contribution in [0.3, 0.4) is 0 Å². The lowest BCUT2D eigenvalue weighted by atomic mass is 10.0. The van der Waals surface area contributed by atoms with Crippen molar-refractivity contribution in [3.63, 3.8) is 0 Å². The van der Waals surface area contributed by atoms with Crippen LogP contribution >= 0.6 is 0 Å². The molecule has 110 valence electrons. The van der Waals surface area contributed by atoms with Crippen molar-refractivity contribution in [2.75, 3.05) is 39.8 Å². The van der Waals surface area contributed by atoms with Gasteiger partial charge in [-0.25, -0.2) is 0 Å². The Morgan fingerprint density at radius 2 is 2.16 bits per heavy atom. The highest BCUT2D eigenvalue weighted by Crippen LogP contribution is 2.15. The van der Waals surface area contributed by atoms with Crippen molar-refractivity contribution in [1.29, 1.82) is 0 Å². The first kappa shape index (κ1) is 14.8. The van der Waals surface area contributed by atoms with Gasteiger partial charge >= 0.3 is 0 Å². The summed E-state index contributed by atoms with van der Waals surface area (Å²) in [5.41, 5.74) is 0. The Hall–Kier alpha value is -0.610. The van der Waals surface area contributed by atoms with Crippen LogP contribution in [0.25, 0.3) is 0 Å². The molecule has 2 heterocycles. The fourth-order valence-corrected chi connectivity index (χ4v) is 3.27. The Morgan fingerprint density at radius 1 is 1.32 bits per heavy atom. The summed E-state index contributed by atoms with van der Waals surface area (Å²) >= 11 is 0. The van der Waals surface area contributed by atoms with Crippen LogP contribution in [-0.4, -0.2) is 61.5 Å². The maximum absolute atomic E-state index is 12.3. The molecule has 2 aliphatic heterocycles. The summed E-state index contributed by atoms with van der Waals surface area (Å²) in [6.45, 7) is 6.86. The summed E-state index contributed by atoms with van der Waals surface area (Å²) in [6, 6.07) is 0.576. The first-order chi connectivity index (χ1) is 9.15. The van der Waals surface area contributed by atoms with E-state index < -0.39 is 0 Å². The van der Waals surface area contributed by atoms with Gasteiger partial charge in [-0.15, -0.1) is 0 Å². The monoisotopic (exact) mass is 267 g/mol. The number of hydrogen-bond acceptors (Lipinski definition) is 3. The number of likely N-dealkylation sites (N-methyl/N-ethyl adjacent to an activating group) is 1. The summed E-state index contributed by atoms with van der Waals surface area (Å²) < 4.78 is 0. The van der Waals surface area contributed by atoms with E-state index in [1.807, 2.05) is 0 Å². The molecular weight excluding hydrogens is 238 g/mol. The zero-order valence-electron chi connectivity index (χ0n) is 12.5. The Labute approximate surface area is 117 Å². The van der Waals surface area contributed by atoms with Crippen LogP contribution in [0.5, 0.6) is 0 Å². The van der Waals surface area contributed by atoms with Gasteiger partial charge in [0.2, 0.25) is 5.91 Å². The largest absolute Gasteiger partial charge is 0.341 e. The lowest BCUT2D eigenvalue weighted by Crippen LogP contribution is -2.47. The molecular formula is C15H29N3O. The van der Waals surface area contributed by atoms with E-state index in [4.69, 9.17) is 0 Å². The number of carbonyl (C=O) groups is 1. The predicted octanol–water partition coefficient (Wildman–Crippen LogP) is 1.32. The minimum Gasteiger partial charge on any atom is -0.341 e. The molecule has 2 unspecified atom stereocenters. The fourth-order valence-electron chi connectivity index (χ4n) is 3.27. The van der Waals surface area contributed by atoms with E-state index in [-0.39, 0.29) is 0 Å². The molecule has 0 aliphatic carbocycles. The second-order valence-corrected chi connectivity index (χ2v) is 6.43. The molecule has 0 aromatic heterocycles. The Bertz CT molecular complexity index is 289. The van der Waals surface area contributed by atoms with Gasteiger partial charge in [-0.05, 0) is 45.2 Å². The number of rotatable bonds is 4. The summed E-state index contributed by atoms with van der Waals surface area (Å²) in [5, 5.41) is 3.54. The third-order valence-corrected chi connectivity index (χ3v) is 4.36. The second kappa shape index (κ2) is 7.25. The number of hydrogen-bond donors (Lipinski definition) is 1. The van der Waals surface area contributed by atoms with E-state index >= 15 is 0 Å². The van der Waals surface area contributed by atoms with Gasteiger partial charge in [0.05, 0.1) is 6.54 Å². The molecule has 0 aromatic rings. The summed E-state index contributed by atoms with van der Waals surface area (Å²) in [5.74, 6) is 0.980. The van der Waals surface area contributed by atoms with Crippen LogP contribution in [-0.2, 0) is 4.79 Å². The lowest BCUT2D eigenvalue weighted by molar-refractivity contribution is -0.133. The van der Waals surface area contributed by atoms with E-state index in [2.05, 4.69) is 29.1 Å². The van der Waals surface area contributed by atoms with Gasteiger partial charge in [-0.1, -0.05) is 13.3 Å². The highest BCUT2D eigenvalue weighted by atomic mass is 16.2. The van der Waals surface area contributed by atoms with Gasteiger partial charge in [0.25, 0.3) is 0 Å². The zero-order chi connectivity index (χ0) is 13.7. The quantitative estimate of drug-likeness (QED) is 0.834. The van der Waals surface area contributed by atoms with Crippen LogP contribution in [0.2, 0.25) is 0 Å². The molecule has 19 heavy (non-hydrogen) atoms.